The van der Waals surface area contributed by atoms with Gasteiger partial charge < -0.3 is 26.3 Å². The Bertz CT molecular complexity index is 1300. The van der Waals surface area contributed by atoms with Gasteiger partial charge in [0.25, 0.3) is 11.8 Å². The van der Waals surface area contributed by atoms with Gasteiger partial charge in [0.15, 0.2) is 5.69 Å². The number of nitrogens with one attached hydrogen (secondary N) is 1. The van der Waals surface area contributed by atoms with E-state index in [2.05, 4.69) is 9.69 Å². The number of amides is 3. The second-order valence-corrected chi connectivity index (χ2v) is 9.91. The van der Waals surface area contributed by atoms with E-state index in [1.807, 2.05) is 13.8 Å². The molecule has 1 atom stereocenters. The Morgan fingerprint density at radius 1 is 1.00 bits per heavy atom. The molecule has 1 saturated carbocycles. The van der Waals surface area contributed by atoms with Crippen molar-refractivity contribution in [3.63, 3.8) is 0 Å². The smallest absolute Gasteiger partial charge is 0.273 e. The number of hydrogen-bond donors (Lipinski definition) is 3. The van der Waals surface area contributed by atoms with Crippen molar-refractivity contribution in [2.45, 2.75) is 51.6 Å². The second-order valence-electron chi connectivity index (χ2n) is 9.13. The van der Waals surface area contributed by atoms with Crippen LogP contribution in [0.15, 0.2) is 48.5 Å². The fraction of sp³-hybridized carbons (Fsp3) is 0.357. The minimum Gasteiger partial charge on any atom is -0.494 e. The first-order valence-electron chi connectivity index (χ1n) is 13.0. The molecule has 10 nitrogen and oxygen atoms in total. The monoisotopic (exact) mass is 551 g/mol. The van der Waals surface area contributed by atoms with Gasteiger partial charge in [-0.05, 0) is 80.2 Å². The minimum atomic E-state index is -1.05. The molecule has 1 fully saturated rings. The molecular weight excluding hydrogens is 518 g/mol. The Kier molecular flexibility index (Phi) is 9.03. The van der Waals surface area contributed by atoms with Crippen molar-refractivity contribution in [1.82, 2.24) is 9.69 Å². The maximum absolute atomic E-state index is 14.2. The summed E-state index contributed by atoms with van der Waals surface area (Å²) in [5.41, 5.74) is 12.3. The molecule has 39 heavy (non-hydrogen) atoms. The van der Waals surface area contributed by atoms with E-state index in [1.165, 1.54) is 4.90 Å². The lowest BCUT2D eigenvalue weighted by molar-refractivity contribution is -0.123. The number of ether oxygens (including phenoxy) is 2. The SMILES string of the molecule is CCOc1ccc([C@@H](C(=O)NC2CCCC2)N(C(=O)c2snc(C(N)=O)c2N)c2ccc(OCC)cc2)cc1. The molecule has 3 amide bonds. The zero-order valence-corrected chi connectivity index (χ0v) is 22.8. The van der Waals surface area contributed by atoms with Gasteiger partial charge in [-0.25, -0.2) is 0 Å². The topological polar surface area (TPSA) is 150 Å². The fourth-order valence-electron chi connectivity index (χ4n) is 4.67. The number of hydrogen-bond acceptors (Lipinski definition) is 8. The number of nitrogens with zero attached hydrogens (tertiary/aromatic N) is 2. The van der Waals surface area contributed by atoms with Crippen LogP contribution in [0.5, 0.6) is 11.5 Å². The van der Waals surface area contributed by atoms with E-state index >= 15 is 0 Å². The Hall–Kier alpha value is -4.12. The van der Waals surface area contributed by atoms with Gasteiger partial charge in [-0.15, -0.1) is 0 Å². The average molecular weight is 552 g/mol. The molecule has 11 heteroatoms. The zero-order valence-electron chi connectivity index (χ0n) is 22.0. The zero-order chi connectivity index (χ0) is 27.9. The first-order chi connectivity index (χ1) is 18.8. The minimum absolute atomic E-state index is 0.0160. The van der Waals surface area contributed by atoms with E-state index in [-0.39, 0.29) is 28.2 Å². The van der Waals surface area contributed by atoms with Crippen LogP contribution in [0.4, 0.5) is 11.4 Å². The number of aromatic nitrogens is 1. The fourth-order valence-corrected chi connectivity index (χ4v) is 5.42. The number of nitrogen functional groups attached to an aromatic ring is 1. The second kappa shape index (κ2) is 12.6. The normalized spacial score (nSPS) is 14.0. The van der Waals surface area contributed by atoms with Crippen LogP contribution in [0, 0.1) is 0 Å². The number of carbonyl (C=O) groups excluding carboxylic acids is 3. The van der Waals surface area contributed by atoms with Gasteiger partial charge in [0.2, 0.25) is 5.91 Å². The lowest BCUT2D eigenvalue weighted by atomic mass is 10.0. The average Bonchev–Trinajstić information content (AvgIpc) is 3.58. The molecule has 206 valence electrons. The summed E-state index contributed by atoms with van der Waals surface area (Å²) in [5.74, 6) is -0.478. The molecule has 0 unspecified atom stereocenters. The molecule has 4 rings (SSSR count). The van der Waals surface area contributed by atoms with Gasteiger partial charge in [-0.1, -0.05) is 25.0 Å². The molecule has 0 spiro atoms. The molecule has 0 radical (unpaired) electrons. The van der Waals surface area contributed by atoms with Crippen LogP contribution < -0.4 is 31.2 Å². The first kappa shape index (κ1) is 27.9. The van der Waals surface area contributed by atoms with Gasteiger partial charge in [-0.3, -0.25) is 19.3 Å². The van der Waals surface area contributed by atoms with Crippen LogP contribution in [-0.2, 0) is 4.79 Å². The Morgan fingerprint density at radius 2 is 1.56 bits per heavy atom. The van der Waals surface area contributed by atoms with E-state index in [9.17, 15) is 14.4 Å². The van der Waals surface area contributed by atoms with E-state index in [0.717, 1.165) is 37.2 Å². The number of rotatable bonds is 11. The number of carbonyl (C=O) groups is 3. The maximum atomic E-state index is 14.2. The van der Waals surface area contributed by atoms with E-state index in [4.69, 9.17) is 20.9 Å². The van der Waals surface area contributed by atoms with Crippen molar-refractivity contribution in [3.8, 4) is 11.5 Å². The van der Waals surface area contributed by atoms with Crippen LogP contribution in [0.1, 0.15) is 71.3 Å². The maximum Gasteiger partial charge on any atom is 0.273 e. The van der Waals surface area contributed by atoms with Crippen LogP contribution in [0.25, 0.3) is 0 Å². The predicted octanol–water partition coefficient (Wildman–Crippen LogP) is 4.07. The highest BCUT2D eigenvalue weighted by atomic mass is 32.1. The number of anilines is 2. The Morgan fingerprint density at radius 3 is 2.08 bits per heavy atom. The highest BCUT2D eigenvalue weighted by Gasteiger charge is 2.37. The van der Waals surface area contributed by atoms with Gasteiger partial charge in [0.05, 0.1) is 18.9 Å². The summed E-state index contributed by atoms with van der Waals surface area (Å²) in [4.78, 5) is 41.3. The molecule has 2 aromatic carbocycles. The first-order valence-corrected chi connectivity index (χ1v) is 13.8. The highest BCUT2D eigenvalue weighted by Crippen LogP contribution is 2.35. The molecule has 1 aromatic heterocycles. The predicted molar refractivity (Wildman–Crippen MR) is 150 cm³/mol. The molecule has 1 aliphatic carbocycles. The van der Waals surface area contributed by atoms with E-state index < -0.39 is 17.9 Å². The number of primary amides is 1. The summed E-state index contributed by atoms with van der Waals surface area (Å²) in [5, 5.41) is 3.14. The van der Waals surface area contributed by atoms with E-state index in [0.29, 0.717) is 36.0 Å². The largest absolute Gasteiger partial charge is 0.494 e. The molecule has 0 aliphatic heterocycles. The summed E-state index contributed by atoms with van der Waals surface area (Å²) >= 11 is 0.770. The Labute approximate surface area is 231 Å². The van der Waals surface area contributed by atoms with Crippen molar-refractivity contribution >= 4 is 40.6 Å². The van der Waals surface area contributed by atoms with E-state index in [1.54, 1.807) is 48.5 Å². The third-order valence-corrected chi connectivity index (χ3v) is 7.37. The quantitative estimate of drug-likeness (QED) is 0.325. The summed E-state index contributed by atoms with van der Waals surface area (Å²) in [7, 11) is 0. The molecule has 1 aliphatic rings. The third kappa shape index (κ3) is 6.31. The lowest BCUT2D eigenvalue weighted by Crippen LogP contribution is -2.46. The van der Waals surface area contributed by atoms with Crippen molar-refractivity contribution in [3.05, 3.63) is 64.7 Å². The molecule has 3 aromatic rings. The molecule has 0 saturated heterocycles. The van der Waals surface area contributed by atoms with Crippen LogP contribution in [0.3, 0.4) is 0 Å². The van der Waals surface area contributed by atoms with Crippen LogP contribution in [0.2, 0.25) is 0 Å². The highest BCUT2D eigenvalue weighted by molar-refractivity contribution is 7.09. The summed E-state index contributed by atoms with van der Waals surface area (Å²) in [6.45, 7) is 4.74. The van der Waals surface area contributed by atoms with Crippen molar-refractivity contribution in [2.75, 3.05) is 23.8 Å². The van der Waals surface area contributed by atoms with Gasteiger partial charge in [0.1, 0.15) is 22.4 Å². The van der Waals surface area contributed by atoms with Crippen LogP contribution in [-0.4, -0.2) is 41.4 Å². The molecule has 0 bridgehead atoms. The Balaban J connectivity index is 1.83. The third-order valence-electron chi connectivity index (χ3n) is 6.52. The number of benzene rings is 2. The number of nitrogens with two attached hydrogens (primary N) is 2. The summed E-state index contributed by atoms with van der Waals surface area (Å²) < 4.78 is 15.2. The van der Waals surface area contributed by atoms with Crippen molar-refractivity contribution < 1.29 is 23.9 Å². The summed E-state index contributed by atoms with van der Waals surface area (Å²) in [6, 6.07) is 12.9. The van der Waals surface area contributed by atoms with Gasteiger partial charge >= 0.3 is 0 Å². The lowest BCUT2D eigenvalue weighted by Gasteiger charge is -2.32. The van der Waals surface area contributed by atoms with Crippen molar-refractivity contribution in [2.24, 2.45) is 5.73 Å². The van der Waals surface area contributed by atoms with Gasteiger partial charge in [-0.2, -0.15) is 4.37 Å². The van der Waals surface area contributed by atoms with Crippen LogP contribution >= 0.6 is 11.5 Å². The molecule has 5 N–H and O–H groups in total. The summed E-state index contributed by atoms with van der Waals surface area (Å²) in [6.07, 6.45) is 3.83. The van der Waals surface area contributed by atoms with Crippen molar-refractivity contribution in [1.29, 1.82) is 0 Å². The molecule has 1 heterocycles. The molecular formula is C28H33N5O5S. The standard InChI is InChI=1S/C28H33N5O5S/c1-3-37-20-13-9-17(10-14-20)24(27(35)31-18-7-5-6-8-18)33(19-11-15-21(16-12-19)38-4-2)28(36)25-22(29)23(26(30)34)32-39-25/h9-16,18,24H,3-8,29H2,1-2H3,(H2,30,34)(H,31,35)/t24-/m0/s1. The van der Waals surface area contributed by atoms with Gasteiger partial charge in [0, 0.05) is 11.7 Å².